The predicted octanol–water partition coefficient (Wildman–Crippen LogP) is 1.98. The summed E-state index contributed by atoms with van der Waals surface area (Å²) in [6.07, 6.45) is 7.37. The molecule has 0 aliphatic carbocycles. The van der Waals surface area contributed by atoms with Gasteiger partial charge in [0.05, 0.1) is 0 Å². The number of aromatic nitrogens is 2. The van der Waals surface area contributed by atoms with Crippen molar-refractivity contribution in [1.82, 2.24) is 18.9 Å². The van der Waals surface area contributed by atoms with Crippen LogP contribution in [0, 0.1) is 4.77 Å². The molecule has 0 spiro atoms. The molecular formula is C21H25N4O4S2-. The van der Waals surface area contributed by atoms with Gasteiger partial charge in [0.15, 0.2) is 9.88 Å². The van der Waals surface area contributed by atoms with E-state index in [0.29, 0.717) is 26.2 Å². The Balaban J connectivity index is 2.36. The molecule has 10 heteroatoms. The van der Waals surface area contributed by atoms with Crippen LogP contribution >= 0.6 is 24.4 Å². The summed E-state index contributed by atoms with van der Waals surface area (Å²) in [6.45, 7) is 8.55. The zero-order chi connectivity index (χ0) is 23.3. The van der Waals surface area contributed by atoms with E-state index in [9.17, 15) is 19.5 Å². The molecule has 31 heavy (non-hydrogen) atoms. The first kappa shape index (κ1) is 24.4. The van der Waals surface area contributed by atoms with Crippen molar-refractivity contribution in [1.29, 1.82) is 0 Å². The van der Waals surface area contributed by atoms with E-state index in [-0.39, 0.29) is 21.0 Å². The third kappa shape index (κ3) is 4.59. The highest BCUT2D eigenvalue weighted by molar-refractivity contribution is 7.80. The normalized spacial score (nSPS) is 15.1. The summed E-state index contributed by atoms with van der Waals surface area (Å²) in [4.78, 5) is 40.4. The van der Waals surface area contributed by atoms with Gasteiger partial charge in [-0.3, -0.25) is 28.8 Å². The molecule has 8 nitrogen and oxygen atoms in total. The third-order valence-electron chi connectivity index (χ3n) is 4.84. The number of nitrogens with zero attached hydrogens (tertiary/aromatic N) is 4. The van der Waals surface area contributed by atoms with Crippen LogP contribution in [-0.4, -0.2) is 49.0 Å². The lowest BCUT2D eigenvalue weighted by Gasteiger charge is -2.35. The predicted molar refractivity (Wildman–Crippen MR) is 124 cm³/mol. The molecule has 2 heterocycles. The number of carbonyl (C=O) groups is 2. The van der Waals surface area contributed by atoms with Gasteiger partial charge in [-0.25, -0.2) is 0 Å². The second-order valence-electron chi connectivity index (χ2n) is 6.50. The molecule has 1 fully saturated rings. The standard InChI is InChI=1S/C21H26N4O4S2/c1-5-22-16(26)14(17(27)23(6-2)20(22)30)12-10-9-11-13-15-18(28)24(7-3)21(31)25(8-4)19(15)29/h9-13,26H,5-8H2,1-4H3/p-1/b11-9+,12-10+. The Morgan fingerprint density at radius 3 is 1.84 bits per heavy atom. The van der Waals surface area contributed by atoms with E-state index in [2.05, 4.69) is 0 Å². The molecule has 0 saturated carbocycles. The zero-order valence-corrected chi connectivity index (χ0v) is 19.6. The van der Waals surface area contributed by atoms with Gasteiger partial charge in [-0.15, -0.1) is 0 Å². The van der Waals surface area contributed by atoms with Crippen molar-refractivity contribution in [2.75, 3.05) is 13.1 Å². The molecule has 1 aromatic heterocycles. The molecule has 166 valence electrons. The summed E-state index contributed by atoms with van der Waals surface area (Å²) in [6, 6.07) is 0. The number of thiocarbonyl (C=S) groups is 1. The molecule has 0 unspecified atom stereocenters. The Kier molecular flexibility index (Phi) is 8.23. The molecule has 0 atom stereocenters. The fourth-order valence-electron chi connectivity index (χ4n) is 3.17. The van der Waals surface area contributed by atoms with Gasteiger partial charge in [-0.05, 0) is 70.2 Å². The summed E-state index contributed by atoms with van der Waals surface area (Å²) >= 11 is 10.4. The number of carbonyl (C=O) groups excluding carboxylic acids is 2. The van der Waals surface area contributed by atoms with Gasteiger partial charge in [0.2, 0.25) is 0 Å². The van der Waals surface area contributed by atoms with Gasteiger partial charge < -0.3 is 9.67 Å². The number of hydrogen-bond donors (Lipinski definition) is 0. The lowest BCUT2D eigenvalue weighted by atomic mass is 10.1. The second-order valence-corrected chi connectivity index (χ2v) is 7.23. The molecule has 0 N–H and O–H groups in total. The van der Waals surface area contributed by atoms with Crippen molar-refractivity contribution in [3.63, 3.8) is 0 Å². The van der Waals surface area contributed by atoms with E-state index >= 15 is 0 Å². The van der Waals surface area contributed by atoms with Crippen molar-refractivity contribution in [2.45, 2.75) is 40.8 Å². The monoisotopic (exact) mass is 461 g/mol. The van der Waals surface area contributed by atoms with Crippen LogP contribution in [0.25, 0.3) is 6.08 Å². The van der Waals surface area contributed by atoms with Gasteiger partial charge in [-0.1, -0.05) is 18.2 Å². The molecule has 1 saturated heterocycles. The minimum Gasteiger partial charge on any atom is -0.859 e. The lowest BCUT2D eigenvalue weighted by Crippen LogP contribution is -2.55. The molecule has 1 aliphatic rings. The average molecular weight is 462 g/mol. The molecule has 1 aromatic rings. The highest BCUT2D eigenvalue weighted by Crippen LogP contribution is 2.18. The molecular weight excluding hydrogens is 436 g/mol. The van der Waals surface area contributed by atoms with Gasteiger partial charge >= 0.3 is 0 Å². The van der Waals surface area contributed by atoms with Gasteiger partial charge in [0.25, 0.3) is 17.4 Å². The van der Waals surface area contributed by atoms with Gasteiger partial charge in [0.1, 0.15) is 5.57 Å². The van der Waals surface area contributed by atoms with Crippen molar-refractivity contribution in [3.05, 3.63) is 50.6 Å². The Morgan fingerprint density at radius 2 is 1.35 bits per heavy atom. The first-order chi connectivity index (χ1) is 14.7. The largest absolute Gasteiger partial charge is 0.859 e. The quantitative estimate of drug-likeness (QED) is 0.267. The number of allylic oxidation sites excluding steroid dienone is 4. The Bertz CT molecular complexity index is 1080. The van der Waals surface area contributed by atoms with E-state index in [1.165, 1.54) is 43.2 Å². The van der Waals surface area contributed by atoms with Crippen LogP contribution < -0.4 is 10.7 Å². The van der Waals surface area contributed by atoms with Crippen molar-refractivity contribution in [3.8, 4) is 5.88 Å². The van der Waals surface area contributed by atoms with E-state index in [1.54, 1.807) is 33.8 Å². The van der Waals surface area contributed by atoms with Gasteiger partial charge in [-0.2, -0.15) is 0 Å². The highest BCUT2D eigenvalue weighted by atomic mass is 32.1. The van der Waals surface area contributed by atoms with Crippen LogP contribution in [0.15, 0.2) is 34.7 Å². The van der Waals surface area contributed by atoms with E-state index in [0.717, 1.165) is 0 Å². The first-order valence-corrected chi connectivity index (χ1v) is 10.8. The van der Waals surface area contributed by atoms with Crippen LogP contribution in [0.5, 0.6) is 5.88 Å². The molecule has 1 aliphatic heterocycles. The molecule has 0 radical (unpaired) electrons. The summed E-state index contributed by atoms with van der Waals surface area (Å²) in [7, 11) is 0. The van der Waals surface area contributed by atoms with Crippen LogP contribution in [-0.2, 0) is 22.7 Å². The highest BCUT2D eigenvalue weighted by Gasteiger charge is 2.37. The van der Waals surface area contributed by atoms with Crippen LogP contribution in [0.2, 0.25) is 0 Å². The SMILES string of the molecule is CCN1C(=O)C(=C/C=C/C=C/c2c([O-])n(CC)c(=S)n(CC)c2=O)C(=O)N(CC)C1=S. The van der Waals surface area contributed by atoms with Crippen molar-refractivity contribution >= 4 is 47.4 Å². The number of hydrogen-bond acceptors (Lipinski definition) is 6. The Labute approximate surface area is 191 Å². The molecule has 0 bridgehead atoms. The van der Waals surface area contributed by atoms with E-state index in [1.807, 2.05) is 0 Å². The maximum absolute atomic E-state index is 12.6. The first-order valence-electron chi connectivity index (χ1n) is 10.0. The summed E-state index contributed by atoms with van der Waals surface area (Å²) in [5.74, 6) is -1.35. The molecule has 0 aromatic carbocycles. The van der Waals surface area contributed by atoms with Crippen LogP contribution in [0.4, 0.5) is 0 Å². The Morgan fingerprint density at radius 1 is 0.806 bits per heavy atom. The van der Waals surface area contributed by atoms with Crippen molar-refractivity contribution in [2.24, 2.45) is 0 Å². The minimum absolute atomic E-state index is 0.000845. The van der Waals surface area contributed by atoms with Gasteiger partial charge in [0, 0.05) is 31.7 Å². The van der Waals surface area contributed by atoms with Crippen LogP contribution in [0.1, 0.15) is 33.3 Å². The fraction of sp³-hybridized carbons (Fsp3) is 0.381. The maximum atomic E-state index is 12.6. The lowest BCUT2D eigenvalue weighted by molar-refractivity contribution is -0.280. The third-order valence-corrected chi connectivity index (χ3v) is 5.72. The fourth-order valence-corrected chi connectivity index (χ4v) is 4.02. The summed E-state index contributed by atoms with van der Waals surface area (Å²) in [5.41, 5.74) is -0.452. The minimum atomic E-state index is -0.450. The zero-order valence-electron chi connectivity index (χ0n) is 18.0. The summed E-state index contributed by atoms with van der Waals surface area (Å²) in [5, 5.41) is 12.8. The molecule has 2 rings (SSSR count). The summed E-state index contributed by atoms with van der Waals surface area (Å²) < 4.78 is 2.93. The van der Waals surface area contributed by atoms with E-state index < -0.39 is 23.3 Å². The second kappa shape index (κ2) is 10.5. The topological polar surface area (TPSA) is 90.6 Å². The maximum Gasteiger partial charge on any atom is 0.265 e. The molecule has 2 amide bonds. The smallest absolute Gasteiger partial charge is 0.265 e. The number of rotatable bonds is 7. The van der Waals surface area contributed by atoms with Crippen molar-refractivity contribution < 1.29 is 14.7 Å². The van der Waals surface area contributed by atoms with E-state index in [4.69, 9.17) is 24.4 Å². The van der Waals surface area contributed by atoms with Crippen LogP contribution in [0.3, 0.4) is 0 Å². The number of likely N-dealkylation sites (N-methyl/N-ethyl adjacent to an activating group) is 2. The Hall–Kier alpha value is -2.85. The average Bonchev–Trinajstić information content (AvgIpc) is 2.73. The number of amides is 2.